The van der Waals surface area contributed by atoms with Crippen molar-refractivity contribution in [2.24, 2.45) is 5.73 Å². The zero-order valence-electron chi connectivity index (χ0n) is 10.1. The van der Waals surface area contributed by atoms with Crippen molar-refractivity contribution >= 4 is 17.4 Å². The molecule has 0 radical (unpaired) electrons. The summed E-state index contributed by atoms with van der Waals surface area (Å²) in [5.74, 6) is 0.698. The first-order valence-electron chi connectivity index (χ1n) is 5.96. The minimum Gasteiger partial charge on any atom is -0.384 e. The fraction of sp³-hybridized carbons (Fsp3) is 0.308. The molecule has 1 heterocycles. The summed E-state index contributed by atoms with van der Waals surface area (Å²) in [5, 5.41) is 5.03. The molecule has 0 aliphatic carbocycles. The van der Waals surface area contributed by atoms with Crippen molar-refractivity contribution in [3.63, 3.8) is 0 Å². The standard InChI is InChI=1S/C13H17ClN4/c14-12-6-2-1-4-11(12)9-18-13(16)10(8-17-18)5-3-7-15/h1-2,4,6,8H,3,5,7,9,15-16H2. The fourth-order valence-electron chi connectivity index (χ4n) is 1.83. The molecule has 0 atom stereocenters. The number of hydrogen-bond donors (Lipinski definition) is 2. The molecular weight excluding hydrogens is 248 g/mol. The Balaban J connectivity index is 2.15. The third kappa shape index (κ3) is 2.83. The summed E-state index contributed by atoms with van der Waals surface area (Å²) in [6, 6.07) is 7.70. The van der Waals surface area contributed by atoms with Crippen LogP contribution in [0.1, 0.15) is 17.5 Å². The highest BCUT2D eigenvalue weighted by molar-refractivity contribution is 6.31. The van der Waals surface area contributed by atoms with Crippen LogP contribution >= 0.6 is 11.6 Å². The number of nitrogens with zero attached hydrogens (tertiary/aromatic N) is 2. The lowest BCUT2D eigenvalue weighted by Crippen LogP contribution is -2.07. The fourth-order valence-corrected chi connectivity index (χ4v) is 2.03. The van der Waals surface area contributed by atoms with Crippen LogP contribution in [0.15, 0.2) is 30.5 Å². The smallest absolute Gasteiger partial charge is 0.125 e. The van der Waals surface area contributed by atoms with E-state index in [9.17, 15) is 0 Å². The summed E-state index contributed by atoms with van der Waals surface area (Å²) in [6.45, 7) is 1.25. The zero-order chi connectivity index (χ0) is 13.0. The third-order valence-corrected chi connectivity index (χ3v) is 3.26. The van der Waals surface area contributed by atoms with E-state index in [-0.39, 0.29) is 0 Å². The van der Waals surface area contributed by atoms with E-state index in [1.54, 1.807) is 4.68 Å². The summed E-state index contributed by atoms with van der Waals surface area (Å²) < 4.78 is 1.77. The van der Waals surface area contributed by atoms with Crippen LogP contribution in [0.5, 0.6) is 0 Å². The van der Waals surface area contributed by atoms with Crippen molar-refractivity contribution in [1.82, 2.24) is 9.78 Å². The zero-order valence-corrected chi connectivity index (χ0v) is 10.9. The lowest BCUT2D eigenvalue weighted by molar-refractivity contribution is 0.696. The van der Waals surface area contributed by atoms with Crippen molar-refractivity contribution < 1.29 is 0 Å². The Morgan fingerprint density at radius 3 is 2.72 bits per heavy atom. The quantitative estimate of drug-likeness (QED) is 0.868. The van der Waals surface area contributed by atoms with Crippen molar-refractivity contribution in [3.8, 4) is 0 Å². The van der Waals surface area contributed by atoms with Gasteiger partial charge in [-0.05, 0) is 31.0 Å². The molecule has 0 saturated heterocycles. The van der Waals surface area contributed by atoms with E-state index < -0.39 is 0 Å². The Bertz CT molecular complexity index is 521. The lowest BCUT2D eigenvalue weighted by Gasteiger charge is -2.07. The van der Waals surface area contributed by atoms with E-state index in [1.807, 2.05) is 30.5 Å². The number of aromatic nitrogens is 2. The number of rotatable bonds is 5. The van der Waals surface area contributed by atoms with Gasteiger partial charge in [0.1, 0.15) is 5.82 Å². The topological polar surface area (TPSA) is 69.9 Å². The molecule has 0 unspecified atom stereocenters. The highest BCUT2D eigenvalue weighted by atomic mass is 35.5. The molecular formula is C13H17ClN4. The van der Waals surface area contributed by atoms with Gasteiger partial charge in [0.25, 0.3) is 0 Å². The van der Waals surface area contributed by atoms with Crippen LogP contribution in [-0.4, -0.2) is 16.3 Å². The average molecular weight is 265 g/mol. The first-order chi connectivity index (χ1) is 8.72. The van der Waals surface area contributed by atoms with Gasteiger partial charge < -0.3 is 11.5 Å². The summed E-state index contributed by atoms with van der Waals surface area (Å²) in [5.41, 5.74) is 13.6. The minimum absolute atomic E-state index is 0.591. The monoisotopic (exact) mass is 264 g/mol. The molecule has 2 aromatic rings. The molecule has 1 aromatic heterocycles. The second kappa shape index (κ2) is 5.89. The van der Waals surface area contributed by atoms with Crippen LogP contribution in [0.2, 0.25) is 5.02 Å². The molecule has 0 spiro atoms. The molecule has 0 amide bonds. The van der Waals surface area contributed by atoms with Crippen molar-refractivity contribution in [3.05, 3.63) is 46.6 Å². The van der Waals surface area contributed by atoms with E-state index in [2.05, 4.69) is 5.10 Å². The van der Waals surface area contributed by atoms with Crippen LogP contribution in [0.4, 0.5) is 5.82 Å². The Labute approximate surface area is 112 Å². The van der Waals surface area contributed by atoms with Gasteiger partial charge in [-0.15, -0.1) is 0 Å². The largest absolute Gasteiger partial charge is 0.384 e. The first kappa shape index (κ1) is 12.9. The highest BCUT2D eigenvalue weighted by Gasteiger charge is 2.08. The second-order valence-corrected chi connectivity index (χ2v) is 4.60. The number of nitrogen functional groups attached to an aromatic ring is 1. The molecule has 2 rings (SSSR count). The van der Waals surface area contributed by atoms with E-state index in [0.29, 0.717) is 18.9 Å². The third-order valence-electron chi connectivity index (χ3n) is 2.89. The Kier molecular flexibility index (Phi) is 4.23. The number of hydrogen-bond acceptors (Lipinski definition) is 3. The first-order valence-corrected chi connectivity index (χ1v) is 6.34. The van der Waals surface area contributed by atoms with Gasteiger partial charge in [-0.3, -0.25) is 0 Å². The van der Waals surface area contributed by atoms with Crippen molar-refractivity contribution in [2.75, 3.05) is 12.3 Å². The number of aryl methyl sites for hydroxylation is 1. The summed E-state index contributed by atoms with van der Waals surface area (Å²) in [6.07, 6.45) is 3.59. The lowest BCUT2D eigenvalue weighted by atomic mass is 10.2. The maximum Gasteiger partial charge on any atom is 0.125 e. The van der Waals surface area contributed by atoms with Crippen LogP contribution in [0.3, 0.4) is 0 Å². The molecule has 18 heavy (non-hydrogen) atoms. The Morgan fingerprint density at radius 2 is 2.00 bits per heavy atom. The van der Waals surface area contributed by atoms with Crippen molar-refractivity contribution in [2.45, 2.75) is 19.4 Å². The molecule has 0 saturated carbocycles. The highest BCUT2D eigenvalue weighted by Crippen LogP contribution is 2.19. The Hall–Kier alpha value is -1.52. The molecule has 0 aliphatic rings. The van der Waals surface area contributed by atoms with Gasteiger partial charge in [-0.1, -0.05) is 29.8 Å². The number of nitrogens with two attached hydrogens (primary N) is 2. The molecule has 0 fully saturated rings. The van der Waals surface area contributed by atoms with E-state index in [1.165, 1.54) is 0 Å². The molecule has 1 aromatic carbocycles. The van der Waals surface area contributed by atoms with Gasteiger partial charge in [-0.2, -0.15) is 5.10 Å². The van der Waals surface area contributed by atoms with Crippen LogP contribution in [0, 0.1) is 0 Å². The van der Waals surface area contributed by atoms with E-state index in [0.717, 1.165) is 29.0 Å². The van der Waals surface area contributed by atoms with Gasteiger partial charge in [-0.25, -0.2) is 4.68 Å². The minimum atomic E-state index is 0.591. The number of halogens is 1. The summed E-state index contributed by atoms with van der Waals surface area (Å²) in [7, 11) is 0. The predicted octanol–water partition coefficient (Wildman–Crippen LogP) is 2.06. The van der Waals surface area contributed by atoms with Gasteiger partial charge >= 0.3 is 0 Å². The predicted molar refractivity (Wildman–Crippen MR) is 74.6 cm³/mol. The maximum atomic E-state index is 6.12. The number of anilines is 1. The molecule has 5 heteroatoms. The number of benzene rings is 1. The molecule has 4 N–H and O–H groups in total. The molecule has 4 nitrogen and oxygen atoms in total. The van der Waals surface area contributed by atoms with Crippen LogP contribution in [-0.2, 0) is 13.0 Å². The summed E-state index contributed by atoms with van der Waals surface area (Å²) >= 11 is 6.12. The van der Waals surface area contributed by atoms with E-state index in [4.69, 9.17) is 23.1 Å². The summed E-state index contributed by atoms with van der Waals surface area (Å²) in [4.78, 5) is 0. The SMILES string of the molecule is NCCCc1cnn(Cc2ccccc2Cl)c1N. The van der Waals surface area contributed by atoms with Crippen LogP contribution in [0.25, 0.3) is 0 Å². The second-order valence-electron chi connectivity index (χ2n) is 4.20. The molecule has 0 bridgehead atoms. The van der Waals surface area contributed by atoms with Gasteiger partial charge in [0.15, 0.2) is 0 Å². The van der Waals surface area contributed by atoms with E-state index >= 15 is 0 Å². The maximum absolute atomic E-state index is 6.12. The van der Waals surface area contributed by atoms with Gasteiger partial charge in [0.05, 0.1) is 12.7 Å². The Morgan fingerprint density at radius 1 is 1.22 bits per heavy atom. The van der Waals surface area contributed by atoms with Crippen LogP contribution < -0.4 is 11.5 Å². The molecule has 0 aliphatic heterocycles. The normalized spacial score (nSPS) is 10.8. The average Bonchev–Trinajstić information content (AvgIpc) is 2.71. The van der Waals surface area contributed by atoms with Gasteiger partial charge in [0.2, 0.25) is 0 Å². The van der Waals surface area contributed by atoms with Crippen molar-refractivity contribution in [1.29, 1.82) is 0 Å². The molecule has 96 valence electrons. The van der Waals surface area contributed by atoms with Gasteiger partial charge in [0, 0.05) is 10.6 Å².